The number of alkyl halides is 3. The fourth-order valence-corrected chi connectivity index (χ4v) is 4.80. The van der Waals surface area contributed by atoms with Crippen molar-refractivity contribution in [2.45, 2.75) is 25.1 Å². The van der Waals surface area contributed by atoms with Crippen LogP contribution in [0.5, 0.6) is 0 Å². The third-order valence-electron chi connectivity index (χ3n) is 6.68. The Morgan fingerprint density at radius 1 is 1.00 bits per heavy atom. The summed E-state index contributed by atoms with van der Waals surface area (Å²) in [6.45, 7) is 2.69. The van der Waals surface area contributed by atoms with Crippen molar-refractivity contribution in [1.29, 1.82) is 0 Å². The molecule has 2 saturated heterocycles. The summed E-state index contributed by atoms with van der Waals surface area (Å²) in [6, 6.07) is 10.7. The van der Waals surface area contributed by atoms with E-state index in [0.717, 1.165) is 35.7 Å². The van der Waals surface area contributed by atoms with E-state index in [1.54, 1.807) is 29.2 Å². The van der Waals surface area contributed by atoms with Crippen LogP contribution in [0.4, 0.5) is 45.1 Å². The molecule has 2 fully saturated rings. The zero-order valence-corrected chi connectivity index (χ0v) is 20.7. The molecule has 7 nitrogen and oxygen atoms in total. The van der Waals surface area contributed by atoms with E-state index in [4.69, 9.17) is 4.84 Å². The molecule has 0 saturated carbocycles. The van der Waals surface area contributed by atoms with Gasteiger partial charge >= 0.3 is 6.18 Å². The van der Waals surface area contributed by atoms with E-state index in [1.165, 1.54) is 0 Å². The molecule has 0 amide bonds. The molecule has 2 aliphatic rings. The van der Waals surface area contributed by atoms with Gasteiger partial charge in [-0.3, -0.25) is 4.84 Å². The van der Waals surface area contributed by atoms with Gasteiger partial charge in [-0.1, -0.05) is 30.3 Å². The largest absolute Gasteiger partial charge is 0.421 e. The highest BCUT2D eigenvalue weighted by atomic mass is 19.4. The van der Waals surface area contributed by atoms with Gasteiger partial charge in [0.15, 0.2) is 17.5 Å². The van der Waals surface area contributed by atoms with Crippen molar-refractivity contribution in [1.82, 2.24) is 14.9 Å². The third-order valence-corrected chi connectivity index (χ3v) is 6.68. The molecule has 0 spiro atoms. The second-order valence-corrected chi connectivity index (χ2v) is 9.36. The van der Waals surface area contributed by atoms with Gasteiger partial charge in [0, 0.05) is 37.9 Å². The number of hydrogen-bond donors (Lipinski definition) is 1. The predicted molar refractivity (Wildman–Crippen MR) is 133 cm³/mol. The molecule has 2 aromatic carbocycles. The van der Waals surface area contributed by atoms with Gasteiger partial charge in [-0.2, -0.15) is 18.2 Å². The van der Waals surface area contributed by atoms with E-state index in [-0.39, 0.29) is 23.9 Å². The first kappa shape index (κ1) is 26.1. The Balaban J connectivity index is 1.45. The highest BCUT2D eigenvalue weighted by Crippen LogP contribution is 2.41. The molecule has 202 valence electrons. The lowest BCUT2D eigenvalue weighted by Gasteiger charge is -2.26. The van der Waals surface area contributed by atoms with Crippen LogP contribution in [0.3, 0.4) is 0 Å². The summed E-state index contributed by atoms with van der Waals surface area (Å²) >= 11 is 0. The summed E-state index contributed by atoms with van der Waals surface area (Å²) in [4.78, 5) is 17.2. The van der Waals surface area contributed by atoms with E-state index in [2.05, 4.69) is 20.2 Å². The van der Waals surface area contributed by atoms with Crippen LogP contribution in [0.15, 0.2) is 48.7 Å². The van der Waals surface area contributed by atoms with Gasteiger partial charge in [0.2, 0.25) is 5.95 Å². The maximum Gasteiger partial charge on any atom is 0.421 e. The number of hydrogen-bond acceptors (Lipinski definition) is 7. The Morgan fingerprint density at radius 2 is 1.74 bits per heavy atom. The van der Waals surface area contributed by atoms with E-state index < -0.39 is 35.2 Å². The summed E-state index contributed by atoms with van der Waals surface area (Å²) in [5.74, 6) is -2.29. The molecular formula is C26H27F5N6O. The average molecular weight is 535 g/mol. The minimum Gasteiger partial charge on any atom is -0.365 e. The van der Waals surface area contributed by atoms with Crippen molar-refractivity contribution in [3.05, 3.63) is 71.4 Å². The minimum absolute atomic E-state index is 0.0247. The van der Waals surface area contributed by atoms with Crippen LogP contribution in [0.2, 0.25) is 0 Å². The van der Waals surface area contributed by atoms with Crippen molar-refractivity contribution in [3.63, 3.8) is 0 Å². The molecule has 5 rings (SSSR count). The topological polar surface area (TPSA) is 56.8 Å². The molecule has 3 heterocycles. The molecule has 0 bridgehead atoms. The number of likely N-dealkylation sites (N-methyl/N-ethyl adjacent to an activating group) is 1. The van der Waals surface area contributed by atoms with Crippen molar-refractivity contribution in [2.24, 2.45) is 0 Å². The average Bonchev–Trinajstić information content (AvgIpc) is 3.27. The lowest BCUT2D eigenvalue weighted by Crippen LogP contribution is -2.30. The molecular weight excluding hydrogens is 507 g/mol. The molecule has 1 atom stereocenters. The smallest absolute Gasteiger partial charge is 0.365 e. The zero-order chi connectivity index (χ0) is 26.9. The molecule has 38 heavy (non-hydrogen) atoms. The summed E-state index contributed by atoms with van der Waals surface area (Å²) < 4.78 is 71.8. The van der Waals surface area contributed by atoms with Crippen molar-refractivity contribution in [3.8, 4) is 0 Å². The molecule has 3 aromatic rings. The first-order valence-electron chi connectivity index (χ1n) is 12.3. The Morgan fingerprint density at radius 3 is 2.45 bits per heavy atom. The van der Waals surface area contributed by atoms with Crippen LogP contribution in [0, 0.1) is 11.6 Å². The van der Waals surface area contributed by atoms with Crippen LogP contribution < -0.4 is 15.3 Å². The van der Waals surface area contributed by atoms with Gasteiger partial charge in [0.25, 0.3) is 0 Å². The Hall–Kier alpha value is -3.51. The fourth-order valence-electron chi connectivity index (χ4n) is 4.80. The minimum atomic E-state index is -4.75. The molecule has 0 unspecified atom stereocenters. The number of aromatic nitrogens is 2. The number of nitrogens with one attached hydrogen (secondary N) is 1. The highest BCUT2D eigenvalue weighted by molar-refractivity contribution is 5.62. The lowest BCUT2D eigenvalue weighted by atomic mass is 10.0. The normalized spacial score (nSPS) is 19.1. The number of halogens is 5. The molecule has 0 aliphatic carbocycles. The van der Waals surface area contributed by atoms with Gasteiger partial charge in [0.1, 0.15) is 11.3 Å². The van der Waals surface area contributed by atoms with E-state index >= 15 is 8.78 Å². The van der Waals surface area contributed by atoms with Crippen LogP contribution >= 0.6 is 0 Å². The number of hydroxylamine groups is 1. The Bertz CT molecular complexity index is 1250. The predicted octanol–water partition coefficient (Wildman–Crippen LogP) is 5.54. The molecule has 12 heteroatoms. The molecule has 1 N–H and O–H groups in total. The monoisotopic (exact) mass is 534 g/mol. The van der Waals surface area contributed by atoms with Crippen LogP contribution in [0.1, 0.15) is 30.0 Å². The summed E-state index contributed by atoms with van der Waals surface area (Å²) in [7, 11) is 1.96. The second kappa shape index (κ2) is 10.7. The maximum atomic E-state index is 15.1. The quantitative estimate of drug-likeness (QED) is 0.432. The van der Waals surface area contributed by atoms with Crippen LogP contribution in [-0.2, 0) is 11.0 Å². The zero-order valence-electron chi connectivity index (χ0n) is 20.7. The second-order valence-electron chi connectivity index (χ2n) is 9.36. The van der Waals surface area contributed by atoms with Crippen molar-refractivity contribution < 1.29 is 26.8 Å². The number of benzene rings is 2. The van der Waals surface area contributed by atoms with Gasteiger partial charge in [-0.25, -0.2) is 18.8 Å². The first-order chi connectivity index (χ1) is 18.2. The van der Waals surface area contributed by atoms with Crippen LogP contribution in [-0.4, -0.2) is 54.7 Å². The number of nitrogens with zero attached hydrogens (tertiary/aromatic N) is 5. The highest BCUT2D eigenvalue weighted by Gasteiger charge is 2.40. The summed E-state index contributed by atoms with van der Waals surface area (Å²) in [5, 5.41) is 3.78. The fraction of sp³-hybridized carbons (Fsp3) is 0.385. The Labute approximate surface area is 216 Å². The number of rotatable bonds is 5. The van der Waals surface area contributed by atoms with Crippen molar-refractivity contribution in [2.75, 3.05) is 55.1 Å². The Kier molecular flexibility index (Phi) is 7.35. The third kappa shape index (κ3) is 5.51. The van der Waals surface area contributed by atoms with Crippen molar-refractivity contribution >= 4 is 23.1 Å². The lowest BCUT2D eigenvalue weighted by molar-refractivity contribution is -0.138. The standard InChI is InChI=1S/C26H27F5N6O/c1-35-9-5-10-36(12-11-35)23-20(27)14-18(15-21(23)28)33-25-32-16-19(26(29,30)31)24(34-25)37-22(8-13-38-37)17-6-3-2-4-7-17/h2-4,6-7,14-16,22H,5,8-13H2,1H3,(H,32,33,34)/t22-/m0/s1. The van der Waals surface area contributed by atoms with E-state index in [1.807, 2.05) is 13.1 Å². The summed E-state index contributed by atoms with van der Waals surface area (Å²) in [6.07, 6.45) is -2.89. The van der Waals surface area contributed by atoms with E-state index in [9.17, 15) is 13.2 Å². The molecule has 1 aromatic heterocycles. The first-order valence-corrected chi connectivity index (χ1v) is 12.3. The van der Waals surface area contributed by atoms with E-state index in [0.29, 0.717) is 32.3 Å². The SMILES string of the molecule is CN1CCCN(c2c(F)cc(Nc3ncc(C(F)(F)F)c(N4OCC[C@H]4c4ccccc4)n3)cc2F)CC1. The summed E-state index contributed by atoms with van der Waals surface area (Å²) in [5.41, 5.74) is -0.463. The molecule has 0 radical (unpaired) electrons. The van der Waals surface area contributed by atoms with Gasteiger partial charge in [-0.05, 0) is 37.7 Å². The van der Waals surface area contributed by atoms with Gasteiger partial charge in [-0.15, -0.1) is 0 Å². The van der Waals surface area contributed by atoms with Gasteiger partial charge < -0.3 is 15.1 Å². The van der Waals surface area contributed by atoms with Crippen LogP contribution in [0.25, 0.3) is 0 Å². The number of anilines is 4. The maximum absolute atomic E-state index is 15.1. The molecule has 2 aliphatic heterocycles. The van der Waals surface area contributed by atoms with Gasteiger partial charge in [0.05, 0.1) is 12.6 Å².